The molecule has 0 aliphatic carbocycles. The molecule has 0 aliphatic rings. The summed E-state index contributed by atoms with van der Waals surface area (Å²) in [4.78, 5) is 26.8. The summed E-state index contributed by atoms with van der Waals surface area (Å²) in [6, 6.07) is 13.8. The molecule has 0 aliphatic heterocycles. The van der Waals surface area contributed by atoms with Crippen LogP contribution in [-0.2, 0) is 20.9 Å². The molecule has 0 bridgehead atoms. The Labute approximate surface area is 204 Å². The van der Waals surface area contributed by atoms with Crippen LogP contribution in [0, 0.1) is 5.82 Å². The first-order valence-corrected chi connectivity index (χ1v) is 11.4. The number of esters is 1. The first-order valence-electron chi connectivity index (χ1n) is 11.4. The molecular formula is C26H30FN3O5. The molecule has 0 fully saturated rings. The van der Waals surface area contributed by atoms with E-state index in [-0.39, 0.29) is 29.6 Å². The summed E-state index contributed by atoms with van der Waals surface area (Å²) in [6.45, 7) is 4.65. The van der Waals surface area contributed by atoms with Gasteiger partial charge in [-0.25, -0.2) is 13.9 Å². The Hall–Kier alpha value is -3.72. The third-order valence-electron chi connectivity index (χ3n) is 5.28. The highest BCUT2D eigenvalue weighted by atomic mass is 19.1. The van der Waals surface area contributed by atoms with Crippen LogP contribution in [0.15, 0.2) is 54.7 Å². The average Bonchev–Trinajstić information content (AvgIpc) is 3.28. The van der Waals surface area contributed by atoms with Gasteiger partial charge in [0.2, 0.25) is 5.91 Å². The molecule has 0 spiro atoms. The molecule has 3 rings (SSSR count). The first kappa shape index (κ1) is 25.9. The minimum Gasteiger partial charge on any atom is -0.494 e. The lowest BCUT2D eigenvalue weighted by Gasteiger charge is -2.24. The number of halogens is 1. The van der Waals surface area contributed by atoms with Crippen LogP contribution in [-0.4, -0.2) is 48.5 Å². The number of methoxy groups -OCH3 is 1. The van der Waals surface area contributed by atoms with Gasteiger partial charge >= 0.3 is 5.97 Å². The van der Waals surface area contributed by atoms with E-state index in [9.17, 15) is 14.0 Å². The van der Waals surface area contributed by atoms with E-state index < -0.39 is 11.8 Å². The molecule has 186 valence electrons. The van der Waals surface area contributed by atoms with Crippen LogP contribution < -0.4 is 9.64 Å². The Balaban J connectivity index is 1.80. The fourth-order valence-electron chi connectivity index (χ4n) is 3.61. The van der Waals surface area contributed by atoms with E-state index in [1.807, 2.05) is 30.3 Å². The number of benzene rings is 2. The summed E-state index contributed by atoms with van der Waals surface area (Å²) in [5.74, 6) is -0.909. The molecule has 1 amide bonds. The van der Waals surface area contributed by atoms with Gasteiger partial charge in [0.1, 0.15) is 22.8 Å². The zero-order chi connectivity index (χ0) is 25.2. The highest BCUT2D eigenvalue weighted by Crippen LogP contribution is 2.31. The first-order chi connectivity index (χ1) is 17.0. The lowest BCUT2D eigenvalue weighted by atomic mass is 10.2. The van der Waals surface area contributed by atoms with Crippen LogP contribution in [0.1, 0.15) is 42.6 Å². The minimum absolute atomic E-state index is 0.133. The van der Waals surface area contributed by atoms with Crippen molar-refractivity contribution < 1.29 is 28.2 Å². The van der Waals surface area contributed by atoms with E-state index >= 15 is 0 Å². The number of anilines is 1. The molecule has 0 radical (unpaired) electrons. The maximum absolute atomic E-state index is 13.8. The van der Waals surface area contributed by atoms with E-state index in [1.165, 1.54) is 48.0 Å². The van der Waals surface area contributed by atoms with Crippen LogP contribution in [0.25, 0.3) is 5.69 Å². The summed E-state index contributed by atoms with van der Waals surface area (Å²) >= 11 is 0. The number of hydrogen-bond donors (Lipinski definition) is 0. The van der Waals surface area contributed by atoms with Crippen LogP contribution in [0.5, 0.6) is 5.75 Å². The number of rotatable bonds is 12. The topological polar surface area (TPSA) is 82.9 Å². The fraction of sp³-hybridized carbons (Fsp3) is 0.346. The third-order valence-corrected chi connectivity index (χ3v) is 5.28. The van der Waals surface area contributed by atoms with Crippen molar-refractivity contribution in [3.63, 3.8) is 0 Å². The van der Waals surface area contributed by atoms with Crippen LogP contribution in [0.4, 0.5) is 10.2 Å². The van der Waals surface area contributed by atoms with Gasteiger partial charge < -0.3 is 14.2 Å². The van der Waals surface area contributed by atoms with Gasteiger partial charge in [0.25, 0.3) is 0 Å². The van der Waals surface area contributed by atoms with Gasteiger partial charge in [0.05, 0.1) is 26.5 Å². The smallest absolute Gasteiger partial charge is 0.343 e. The van der Waals surface area contributed by atoms with Crippen molar-refractivity contribution in [3.8, 4) is 11.4 Å². The van der Waals surface area contributed by atoms with E-state index in [0.717, 1.165) is 5.56 Å². The predicted molar refractivity (Wildman–Crippen MR) is 129 cm³/mol. The number of ether oxygens (including phenoxy) is 3. The third kappa shape index (κ3) is 6.66. The SMILES string of the molecule is CCOC(=O)c1cnn(-c2ccc(F)cc2OC)c1N(CCCCOCc1ccccc1)C(C)=O. The molecule has 0 N–H and O–H groups in total. The van der Waals surface area contributed by atoms with E-state index in [4.69, 9.17) is 14.2 Å². The van der Waals surface area contributed by atoms with Crippen molar-refractivity contribution in [3.05, 3.63) is 71.7 Å². The average molecular weight is 484 g/mol. The molecule has 0 saturated heterocycles. The van der Waals surface area contributed by atoms with E-state index in [0.29, 0.717) is 38.3 Å². The number of carbonyl (C=O) groups excluding carboxylic acids is 2. The van der Waals surface area contributed by atoms with Crippen molar-refractivity contribution in [1.29, 1.82) is 0 Å². The molecule has 0 unspecified atom stereocenters. The number of nitrogens with zero attached hydrogens (tertiary/aromatic N) is 3. The predicted octanol–water partition coefficient (Wildman–Crippen LogP) is 4.55. The van der Waals surface area contributed by atoms with Gasteiger partial charge in [-0.05, 0) is 37.5 Å². The summed E-state index contributed by atoms with van der Waals surface area (Å²) in [7, 11) is 1.41. The second-order valence-electron chi connectivity index (χ2n) is 7.75. The van der Waals surface area contributed by atoms with Crippen LogP contribution in [0.2, 0.25) is 0 Å². The highest BCUT2D eigenvalue weighted by molar-refractivity contribution is 6.01. The number of hydrogen-bond acceptors (Lipinski definition) is 6. The fourth-order valence-corrected chi connectivity index (χ4v) is 3.61. The van der Waals surface area contributed by atoms with Gasteiger partial charge in [0.15, 0.2) is 5.82 Å². The highest BCUT2D eigenvalue weighted by Gasteiger charge is 2.27. The van der Waals surface area contributed by atoms with Crippen molar-refractivity contribution in [2.24, 2.45) is 0 Å². The van der Waals surface area contributed by atoms with Crippen molar-refractivity contribution in [2.45, 2.75) is 33.3 Å². The quantitative estimate of drug-likeness (QED) is 0.278. The molecule has 9 heteroatoms. The number of carbonyl (C=O) groups is 2. The molecule has 0 atom stereocenters. The number of amides is 1. The van der Waals surface area contributed by atoms with Gasteiger partial charge in [-0.1, -0.05) is 30.3 Å². The molecular weight excluding hydrogens is 453 g/mol. The largest absolute Gasteiger partial charge is 0.494 e. The molecule has 2 aromatic carbocycles. The maximum Gasteiger partial charge on any atom is 0.343 e. The number of aromatic nitrogens is 2. The summed E-state index contributed by atoms with van der Waals surface area (Å²) in [5.41, 5.74) is 1.61. The van der Waals surface area contributed by atoms with E-state index in [1.54, 1.807) is 6.92 Å². The maximum atomic E-state index is 13.8. The lowest BCUT2D eigenvalue weighted by Crippen LogP contribution is -2.33. The van der Waals surface area contributed by atoms with Crippen molar-refractivity contribution in [2.75, 3.05) is 31.8 Å². The van der Waals surface area contributed by atoms with Gasteiger partial charge in [-0.3, -0.25) is 9.69 Å². The summed E-state index contributed by atoms with van der Waals surface area (Å²) in [6.07, 6.45) is 2.68. The normalized spacial score (nSPS) is 10.7. The van der Waals surface area contributed by atoms with Gasteiger partial charge in [-0.15, -0.1) is 0 Å². The second kappa shape index (κ2) is 12.7. The monoisotopic (exact) mass is 483 g/mol. The summed E-state index contributed by atoms with van der Waals surface area (Å²) in [5, 5.41) is 4.32. The zero-order valence-corrected chi connectivity index (χ0v) is 20.2. The molecule has 1 heterocycles. The standard InChI is InChI=1S/C26H30FN3O5/c1-4-35-26(32)22-17-28-30(23-13-12-21(27)16-24(23)33-3)25(22)29(19(2)31)14-8-9-15-34-18-20-10-6-5-7-11-20/h5-7,10-13,16-17H,4,8-9,14-15,18H2,1-3H3. The Morgan fingerprint density at radius 1 is 1.11 bits per heavy atom. The van der Waals surface area contributed by atoms with Gasteiger partial charge in [-0.2, -0.15) is 5.10 Å². The molecule has 8 nitrogen and oxygen atoms in total. The van der Waals surface area contributed by atoms with Crippen LogP contribution >= 0.6 is 0 Å². The summed E-state index contributed by atoms with van der Waals surface area (Å²) < 4.78 is 31.4. The molecule has 0 saturated carbocycles. The molecule has 35 heavy (non-hydrogen) atoms. The zero-order valence-electron chi connectivity index (χ0n) is 20.2. The minimum atomic E-state index is -0.604. The van der Waals surface area contributed by atoms with E-state index in [2.05, 4.69) is 5.10 Å². The lowest BCUT2D eigenvalue weighted by molar-refractivity contribution is -0.116. The molecule has 3 aromatic rings. The van der Waals surface area contributed by atoms with Crippen LogP contribution in [0.3, 0.4) is 0 Å². The van der Waals surface area contributed by atoms with Crippen molar-refractivity contribution >= 4 is 17.7 Å². The molecule has 1 aromatic heterocycles. The van der Waals surface area contributed by atoms with Crippen molar-refractivity contribution in [1.82, 2.24) is 9.78 Å². The Kier molecular flexibility index (Phi) is 9.37. The second-order valence-corrected chi connectivity index (χ2v) is 7.75. The number of unbranched alkanes of at least 4 members (excludes halogenated alkanes) is 1. The van der Waals surface area contributed by atoms with Gasteiger partial charge in [0, 0.05) is 26.1 Å². The Morgan fingerprint density at radius 3 is 2.57 bits per heavy atom. The Bertz CT molecular complexity index is 1130. The Morgan fingerprint density at radius 2 is 1.89 bits per heavy atom.